The summed E-state index contributed by atoms with van der Waals surface area (Å²) in [6.45, 7) is 2.88. The van der Waals surface area contributed by atoms with Gasteiger partial charge in [-0.1, -0.05) is 31.2 Å². The molecule has 0 aliphatic heterocycles. The molecule has 2 aromatic rings. The molecule has 0 amide bonds. The van der Waals surface area contributed by atoms with E-state index in [2.05, 4.69) is 24.0 Å². The van der Waals surface area contributed by atoms with E-state index in [1.54, 1.807) is 7.11 Å². The first-order valence-corrected chi connectivity index (χ1v) is 6.32. The smallest absolute Gasteiger partial charge is 0.0706 e. The van der Waals surface area contributed by atoms with Crippen LogP contribution in [0.15, 0.2) is 36.4 Å². The second-order valence-electron chi connectivity index (χ2n) is 4.71. The Labute approximate surface area is 108 Å². The van der Waals surface area contributed by atoms with Crippen LogP contribution in [0, 0.1) is 5.92 Å². The summed E-state index contributed by atoms with van der Waals surface area (Å²) in [6.07, 6.45) is 0.951. The Balaban J connectivity index is 2.19. The molecule has 18 heavy (non-hydrogen) atoms. The quantitative estimate of drug-likeness (QED) is 0.879. The van der Waals surface area contributed by atoms with Gasteiger partial charge in [0.05, 0.1) is 11.2 Å². The molecule has 0 aliphatic carbocycles. The molecule has 2 unspecified atom stereocenters. The largest absolute Gasteiger partial charge is 0.385 e. The fourth-order valence-corrected chi connectivity index (χ4v) is 2.04. The maximum atomic E-state index is 6.25. The van der Waals surface area contributed by atoms with E-state index < -0.39 is 0 Å². The van der Waals surface area contributed by atoms with Gasteiger partial charge >= 0.3 is 0 Å². The van der Waals surface area contributed by atoms with Gasteiger partial charge in [0.25, 0.3) is 0 Å². The SMILES string of the molecule is COCCC(C)C(N)c1ccc2ccccc2n1. The van der Waals surface area contributed by atoms with E-state index in [0.717, 1.165) is 29.6 Å². The van der Waals surface area contributed by atoms with E-state index in [1.165, 1.54) is 0 Å². The van der Waals surface area contributed by atoms with Crippen molar-refractivity contribution in [2.45, 2.75) is 19.4 Å². The van der Waals surface area contributed by atoms with E-state index in [9.17, 15) is 0 Å². The van der Waals surface area contributed by atoms with E-state index in [-0.39, 0.29) is 6.04 Å². The lowest BCUT2D eigenvalue weighted by Crippen LogP contribution is -2.21. The van der Waals surface area contributed by atoms with Gasteiger partial charge in [-0.15, -0.1) is 0 Å². The highest BCUT2D eigenvalue weighted by Crippen LogP contribution is 2.22. The van der Waals surface area contributed by atoms with Crippen LogP contribution in [0.5, 0.6) is 0 Å². The van der Waals surface area contributed by atoms with Gasteiger partial charge in [-0.05, 0) is 24.5 Å². The molecule has 1 heterocycles. The third kappa shape index (κ3) is 2.86. The minimum absolute atomic E-state index is 0.0373. The number of methoxy groups -OCH3 is 1. The van der Waals surface area contributed by atoms with Gasteiger partial charge in [0.2, 0.25) is 0 Å². The number of nitrogens with zero attached hydrogens (tertiary/aromatic N) is 1. The standard InChI is InChI=1S/C15H20N2O/c1-11(9-10-18-2)15(16)14-8-7-12-5-3-4-6-13(12)17-14/h3-8,11,15H,9-10,16H2,1-2H3. The number of hydrogen-bond acceptors (Lipinski definition) is 3. The average molecular weight is 244 g/mol. The summed E-state index contributed by atoms with van der Waals surface area (Å²) in [4.78, 5) is 4.64. The van der Waals surface area contributed by atoms with Crippen LogP contribution in [0.25, 0.3) is 10.9 Å². The molecular formula is C15H20N2O. The lowest BCUT2D eigenvalue weighted by Gasteiger charge is -2.19. The Morgan fingerprint density at radius 2 is 2.00 bits per heavy atom. The molecule has 3 heteroatoms. The van der Waals surface area contributed by atoms with Crippen LogP contribution < -0.4 is 5.73 Å². The molecule has 0 spiro atoms. The van der Waals surface area contributed by atoms with Crippen molar-refractivity contribution in [1.29, 1.82) is 0 Å². The first-order valence-electron chi connectivity index (χ1n) is 6.32. The molecule has 0 saturated carbocycles. The third-order valence-electron chi connectivity index (χ3n) is 3.35. The Bertz CT molecular complexity index is 513. The number of benzene rings is 1. The molecule has 0 fully saturated rings. The molecule has 0 saturated heterocycles. The maximum Gasteiger partial charge on any atom is 0.0706 e. The molecule has 2 rings (SSSR count). The molecule has 0 aliphatic rings. The highest BCUT2D eigenvalue weighted by atomic mass is 16.5. The first-order chi connectivity index (χ1) is 8.72. The van der Waals surface area contributed by atoms with Crippen molar-refractivity contribution in [2.75, 3.05) is 13.7 Å². The summed E-state index contributed by atoms with van der Waals surface area (Å²) in [5.74, 6) is 0.360. The Kier molecular flexibility index (Phi) is 4.28. The van der Waals surface area contributed by atoms with Crippen molar-refractivity contribution in [2.24, 2.45) is 11.7 Å². The highest BCUT2D eigenvalue weighted by Gasteiger charge is 2.16. The number of aromatic nitrogens is 1. The lowest BCUT2D eigenvalue weighted by atomic mass is 9.96. The first kappa shape index (κ1) is 13.0. The zero-order chi connectivity index (χ0) is 13.0. The molecule has 0 radical (unpaired) electrons. The van der Waals surface area contributed by atoms with Crippen molar-refractivity contribution in [3.8, 4) is 0 Å². The van der Waals surface area contributed by atoms with Crippen molar-refractivity contribution in [3.63, 3.8) is 0 Å². The van der Waals surface area contributed by atoms with Crippen LogP contribution in [0.3, 0.4) is 0 Å². The number of nitrogens with two attached hydrogens (primary N) is 1. The Hall–Kier alpha value is -1.45. The van der Waals surface area contributed by atoms with Crippen LogP contribution in [-0.2, 0) is 4.74 Å². The van der Waals surface area contributed by atoms with Gasteiger partial charge in [0.1, 0.15) is 0 Å². The van der Waals surface area contributed by atoms with Crippen LogP contribution in [0.2, 0.25) is 0 Å². The van der Waals surface area contributed by atoms with Crippen molar-refractivity contribution in [3.05, 3.63) is 42.1 Å². The minimum Gasteiger partial charge on any atom is -0.385 e. The van der Waals surface area contributed by atoms with Crippen LogP contribution in [-0.4, -0.2) is 18.7 Å². The molecule has 0 bridgehead atoms. The van der Waals surface area contributed by atoms with E-state index in [1.807, 2.05) is 24.3 Å². The number of rotatable bonds is 5. The van der Waals surface area contributed by atoms with E-state index >= 15 is 0 Å². The summed E-state index contributed by atoms with van der Waals surface area (Å²) in [7, 11) is 1.71. The maximum absolute atomic E-state index is 6.25. The fraction of sp³-hybridized carbons (Fsp3) is 0.400. The molecule has 1 aromatic heterocycles. The number of pyridine rings is 1. The van der Waals surface area contributed by atoms with Gasteiger partial charge < -0.3 is 10.5 Å². The van der Waals surface area contributed by atoms with E-state index in [4.69, 9.17) is 10.5 Å². The summed E-state index contributed by atoms with van der Waals surface area (Å²) >= 11 is 0. The van der Waals surface area contributed by atoms with Gasteiger partial charge in [-0.25, -0.2) is 0 Å². The number of para-hydroxylation sites is 1. The van der Waals surface area contributed by atoms with Gasteiger partial charge in [0, 0.05) is 25.1 Å². The summed E-state index contributed by atoms with van der Waals surface area (Å²) in [6, 6.07) is 12.2. The fourth-order valence-electron chi connectivity index (χ4n) is 2.04. The van der Waals surface area contributed by atoms with Crippen LogP contribution in [0.1, 0.15) is 25.1 Å². The second-order valence-corrected chi connectivity index (χ2v) is 4.71. The Morgan fingerprint density at radius 1 is 1.22 bits per heavy atom. The molecule has 96 valence electrons. The molecule has 2 atom stereocenters. The number of ether oxygens (including phenoxy) is 1. The molecular weight excluding hydrogens is 224 g/mol. The van der Waals surface area contributed by atoms with Gasteiger partial charge in [-0.2, -0.15) is 0 Å². The van der Waals surface area contributed by atoms with Crippen LogP contribution in [0.4, 0.5) is 0 Å². The zero-order valence-electron chi connectivity index (χ0n) is 11.0. The average Bonchev–Trinajstić information content (AvgIpc) is 2.43. The van der Waals surface area contributed by atoms with Crippen molar-refractivity contribution in [1.82, 2.24) is 4.98 Å². The van der Waals surface area contributed by atoms with E-state index in [0.29, 0.717) is 5.92 Å². The highest BCUT2D eigenvalue weighted by molar-refractivity contribution is 5.78. The molecule has 1 aromatic carbocycles. The number of fused-ring (bicyclic) bond motifs is 1. The van der Waals surface area contributed by atoms with Gasteiger partial charge in [-0.3, -0.25) is 4.98 Å². The summed E-state index contributed by atoms with van der Waals surface area (Å²) in [5.41, 5.74) is 8.21. The lowest BCUT2D eigenvalue weighted by molar-refractivity contribution is 0.174. The van der Waals surface area contributed by atoms with Crippen LogP contribution >= 0.6 is 0 Å². The molecule has 3 nitrogen and oxygen atoms in total. The van der Waals surface area contributed by atoms with Crippen molar-refractivity contribution < 1.29 is 4.74 Å². The minimum atomic E-state index is -0.0373. The van der Waals surface area contributed by atoms with Crippen molar-refractivity contribution >= 4 is 10.9 Å². The monoisotopic (exact) mass is 244 g/mol. The predicted molar refractivity (Wildman–Crippen MR) is 74.3 cm³/mol. The second kappa shape index (κ2) is 5.94. The Morgan fingerprint density at radius 3 is 2.78 bits per heavy atom. The topological polar surface area (TPSA) is 48.1 Å². The zero-order valence-corrected chi connectivity index (χ0v) is 11.0. The third-order valence-corrected chi connectivity index (χ3v) is 3.35. The summed E-state index contributed by atoms with van der Waals surface area (Å²) in [5, 5.41) is 1.15. The summed E-state index contributed by atoms with van der Waals surface area (Å²) < 4.78 is 5.09. The van der Waals surface area contributed by atoms with Gasteiger partial charge in [0.15, 0.2) is 0 Å². The molecule has 2 N–H and O–H groups in total. The predicted octanol–water partition coefficient (Wildman–Crippen LogP) is 2.91. The number of hydrogen-bond donors (Lipinski definition) is 1. The normalized spacial score (nSPS) is 14.6.